The predicted octanol–water partition coefficient (Wildman–Crippen LogP) is 2.48. The Bertz CT molecular complexity index is 590. The van der Waals surface area contributed by atoms with Crippen LogP contribution in [0.2, 0.25) is 0 Å². The van der Waals surface area contributed by atoms with Crippen LogP contribution in [-0.4, -0.2) is 30.2 Å². The molecule has 1 saturated heterocycles. The Labute approximate surface area is 128 Å². The summed E-state index contributed by atoms with van der Waals surface area (Å²) in [7, 11) is 0. The van der Waals surface area contributed by atoms with Crippen LogP contribution in [0.15, 0.2) is 24.3 Å². The van der Waals surface area contributed by atoms with Gasteiger partial charge in [-0.1, -0.05) is 0 Å². The second-order valence-corrected chi connectivity index (χ2v) is 5.93. The zero-order chi connectivity index (χ0) is 16.3. The van der Waals surface area contributed by atoms with Crippen LogP contribution in [0.3, 0.4) is 0 Å². The van der Waals surface area contributed by atoms with Gasteiger partial charge in [-0.3, -0.25) is 20.3 Å². The minimum atomic E-state index is -0.567. The number of nitrogens with zero attached hydrogens (tertiary/aromatic N) is 1. The highest BCUT2D eigenvalue weighted by atomic mass is 16.6. The number of benzene rings is 1. The lowest BCUT2D eigenvalue weighted by molar-refractivity contribution is -0.120. The average Bonchev–Trinajstić information content (AvgIpc) is 2.38. The number of nitrogens with one attached hydrogen (secondary N) is 2. The molecule has 118 valence electrons. The molecule has 1 aromatic carbocycles. The van der Waals surface area contributed by atoms with E-state index in [1.165, 1.54) is 4.90 Å². The molecule has 4 amide bonds. The van der Waals surface area contributed by atoms with Crippen molar-refractivity contribution < 1.29 is 19.1 Å². The van der Waals surface area contributed by atoms with E-state index >= 15 is 0 Å². The van der Waals surface area contributed by atoms with Gasteiger partial charge >= 0.3 is 12.1 Å². The number of ether oxygens (including phenoxy) is 1. The van der Waals surface area contributed by atoms with Gasteiger partial charge in [0.1, 0.15) is 5.60 Å². The fourth-order valence-corrected chi connectivity index (χ4v) is 1.96. The molecule has 0 atom stereocenters. The van der Waals surface area contributed by atoms with Crippen molar-refractivity contribution in [3.8, 4) is 0 Å². The number of amides is 4. The zero-order valence-electron chi connectivity index (χ0n) is 12.8. The first-order chi connectivity index (χ1) is 10.2. The summed E-state index contributed by atoms with van der Waals surface area (Å²) < 4.78 is 5.15. The van der Waals surface area contributed by atoms with Crippen LogP contribution in [0.5, 0.6) is 0 Å². The molecule has 1 aliphatic rings. The van der Waals surface area contributed by atoms with Crippen molar-refractivity contribution in [1.82, 2.24) is 5.32 Å². The third kappa shape index (κ3) is 4.21. The molecule has 0 radical (unpaired) electrons. The van der Waals surface area contributed by atoms with E-state index in [0.717, 1.165) is 0 Å². The predicted molar refractivity (Wildman–Crippen MR) is 81.8 cm³/mol. The smallest absolute Gasteiger partial charge is 0.412 e. The van der Waals surface area contributed by atoms with Crippen LogP contribution < -0.4 is 15.5 Å². The van der Waals surface area contributed by atoms with E-state index < -0.39 is 17.7 Å². The van der Waals surface area contributed by atoms with Crippen molar-refractivity contribution in [3.63, 3.8) is 0 Å². The molecular weight excluding hydrogens is 286 g/mol. The van der Waals surface area contributed by atoms with Gasteiger partial charge in [0.05, 0.1) is 0 Å². The first kappa shape index (κ1) is 15.8. The Hall–Kier alpha value is -2.57. The number of anilines is 2. The second kappa shape index (κ2) is 6.05. The summed E-state index contributed by atoms with van der Waals surface area (Å²) in [6.45, 7) is 5.69. The van der Waals surface area contributed by atoms with Crippen LogP contribution in [-0.2, 0) is 9.53 Å². The maximum atomic E-state index is 11.7. The molecular formula is C15H19N3O4. The van der Waals surface area contributed by atoms with E-state index in [2.05, 4.69) is 10.6 Å². The number of hydrogen-bond donors (Lipinski definition) is 2. The molecule has 0 bridgehead atoms. The number of carbonyl (C=O) groups excluding carboxylic acids is 3. The molecule has 0 saturated carbocycles. The lowest BCUT2D eigenvalue weighted by atomic mass is 10.2. The fraction of sp³-hybridized carbons (Fsp3) is 0.400. The maximum Gasteiger partial charge on any atom is 0.412 e. The zero-order valence-corrected chi connectivity index (χ0v) is 12.8. The van der Waals surface area contributed by atoms with Crippen LogP contribution in [0.4, 0.5) is 21.0 Å². The van der Waals surface area contributed by atoms with E-state index in [1.807, 2.05) is 0 Å². The standard InChI is InChI=1S/C15H19N3O4/c1-15(2,3)22-14(21)16-10-4-6-11(7-5-10)18-9-8-12(19)17-13(18)20/h4-7H,8-9H2,1-3H3,(H,16,21)(H,17,19,20). The molecule has 1 fully saturated rings. The fourth-order valence-electron chi connectivity index (χ4n) is 1.96. The van der Waals surface area contributed by atoms with E-state index in [-0.39, 0.29) is 12.3 Å². The largest absolute Gasteiger partial charge is 0.444 e. The Kier molecular flexibility index (Phi) is 4.35. The molecule has 1 aliphatic heterocycles. The summed E-state index contributed by atoms with van der Waals surface area (Å²) in [5, 5.41) is 4.87. The Morgan fingerprint density at radius 1 is 1.23 bits per heavy atom. The van der Waals surface area contributed by atoms with Gasteiger partial charge in [-0.2, -0.15) is 0 Å². The molecule has 0 spiro atoms. The molecule has 1 aromatic rings. The number of rotatable bonds is 2. The molecule has 1 heterocycles. The molecule has 22 heavy (non-hydrogen) atoms. The first-order valence-electron chi connectivity index (χ1n) is 6.96. The van der Waals surface area contributed by atoms with E-state index in [0.29, 0.717) is 17.9 Å². The summed E-state index contributed by atoms with van der Waals surface area (Å²) in [6.07, 6.45) is -0.273. The summed E-state index contributed by atoms with van der Waals surface area (Å²) in [5.41, 5.74) is 0.647. The van der Waals surface area contributed by atoms with Gasteiger partial charge in [-0.15, -0.1) is 0 Å². The van der Waals surface area contributed by atoms with Gasteiger partial charge in [0, 0.05) is 24.3 Å². The highest BCUT2D eigenvalue weighted by Gasteiger charge is 2.24. The Morgan fingerprint density at radius 2 is 1.86 bits per heavy atom. The van der Waals surface area contributed by atoms with Crippen molar-refractivity contribution >= 4 is 29.4 Å². The Morgan fingerprint density at radius 3 is 2.41 bits per heavy atom. The number of urea groups is 1. The molecule has 2 rings (SSSR count). The van der Waals surface area contributed by atoms with Crippen molar-refractivity contribution in [2.75, 3.05) is 16.8 Å². The summed E-state index contributed by atoms with van der Waals surface area (Å²) >= 11 is 0. The Balaban J connectivity index is 2.00. The molecule has 0 aliphatic carbocycles. The summed E-state index contributed by atoms with van der Waals surface area (Å²) in [6, 6.07) is 6.29. The van der Waals surface area contributed by atoms with Crippen LogP contribution >= 0.6 is 0 Å². The van der Waals surface area contributed by atoms with Gasteiger partial charge in [0.15, 0.2) is 0 Å². The van der Waals surface area contributed by atoms with Crippen molar-refractivity contribution in [1.29, 1.82) is 0 Å². The normalized spacial score (nSPS) is 15.3. The van der Waals surface area contributed by atoms with Crippen molar-refractivity contribution in [2.24, 2.45) is 0 Å². The van der Waals surface area contributed by atoms with Crippen LogP contribution in [0, 0.1) is 0 Å². The van der Waals surface area contributed by atoms with Gasteiger partial charge in [0.25, 0.3) is 0 Å². The second-order valence-electron chi connectivity index (χ2n) is 5.93. The highest BCUT2D eigenvalue weighted by molar-refractivity contribution is 6.05. The third-order valence-corrected chi connectivity index (χ3v) is 2.88. The minimum absolute atomic E-state index is 0.268. The number of hydrogen-bond acceptors (Lipinski definition) is 4. The van der Waals surface area contributed by atoms with Gasteiger partial charge in [0.2, 0.25) is 5.91 Å². The number of imide groups is 1. The quantitative estimate of drug-likeness (QED) is 0.878. The average molecular weight is 305 g/mol. The third-order valence-electron chi connectivity index (χ3n) is 2.88. The monoisotopic (exact) mass is 305 g/mol. The highest BCUT2D eigenvalue weighted by Crippen LogP contribution is 2.20. The molecule has 7 nitrogen and oxygen atoms in total. The lowest BCUT2D eigenvalue weighted by Gasteiger charge is -2.26. The van der Waals surface area contributed by atoms with Crippen LogP contribution in [0.1, 0.15) is 27.2 Å². The maximum absolute atomic E-state index is 11.7. The lowest BCUT2D eigenvalue weighted by Crippen LogP contribution is -2.49. The van der Waals surface area contributed by atoms with Gasteiger partial charge in [-0.05, 0) is 45.0 Å². The molecule has 0 aromatic heterocycles. The van der Waals surface area contributed by atoms with E-state index in [9.17, 15) is 14.4 Å². The molecule has 0 unspecified atom stereocenters. The van der Waals surface area contributed by atoms with Gasteiger partial charge in [-0.25, -0.2) is 9.59 Å². The molecule has 7 heteroatoms. The minimum Gasteiger partial charge on any atom is -0.444 e. The SMILES string of the molecule is CC(C)(C)OC(=O)Nc1ccc(N2CCC(=O)NC2=O)cc1. The van der Waals surface area contributed by atoms with Crippen molar-refractivity contribution in [3.05, 3.63) is 24.3 Å². The van der Waals surface area contributed by atoms with Crippen molar-refractivity contribution in [2.45, 2.75) is 32.8 Å². The number of carbonyl (C=O) groups is 3. The first-order valence-corrected chi connectivity index (χ1v) is 6.96. The van der Waals surface area contributed by atoms with E-state index in [4.69, 9.17) is 4.74 Å². The van der Waals surface area contributed by atoms with Crippen LogP contribution in [0.25, 0.3) is 0 Å². The summed E-state index contributed by atoms with van der Waals surface area (Å²) in [5.74, 6) is -0.274. The van der Waals surface area contributed by atoms with Gasteiger partial charge < -0.3 is 4.74 Å². The topological polar surface area (TPSA) is 87.7 Å². The van der Waals surface area contributed by atoms with E-state index in [1.54, 1.807) is 45.0 Å². The molecule has 2 N–H and O–H groups in total. The summed E-state index contributed by atoms with van der Waals surface area (Å²) in [4.78, 5) is 36.0.